The number of carbonyl (C=O) groups excluding carboxylic acids is 1. The summed E-state index contributed by atoms with van der Waals surface area (Å²) in [5.41, 5.74) is 0.325. The quantitative estimate of drug-likeness (QED) is 0.435. The number of benzene rings is 2. The number of nitrogens with zero attached hydrogens (tertiary/aromatic N) is 3. The van der Waals surface area contributed by atoms with Crippen molar-refractivity contribution >= 4 is 23.5 Å². The van der Waals surface area contributed by atoms with Crippen LogP contribution in [-0.4, -0.2) is 21.3 Å². The van der Waals surface area contributed by atoms with Crippen LogP contribution in [0.4, 0.5) is 19.2 Å². The molecule has 0 bridgehead atoms. The number of nitrogens with one attached hydrogen (secondary N) is 1. The molecule has 0 saturated heterocycles. The molecule has 0 aliphatic rings. The molecule has 0 fully saturated rings. The maximum Gasteiger partial charge on any atom is 0.416 e. The molecule has 0 saturated carbocycles. The molecule has 0 aliphatic carbocycles. The molecule has 2 heterocycles. The van der Waals surface area contributed by atoms with Crippen molar-refractivity contribution in [1.82, 2.24) is 15.4 Å². The summed E-state index contributed by atoms with van der Waals surface area (Å²) >= 11 is 6.19. The van der Waals surface area contributed by atoms with Crippen LogP contribution in [0.3, 0.4) is 0 Å². The SMILES string of the molecule is Cc1onc(-c2ccccc2Cl)c1C(=O)Nc1nnc(-c2ccc(C(F)(F)F)cc2)o1. The maximum atomic E-state index is 12.8. The van der Waals surface area contributed by atoms with Crippen LogP contribution in [0.2, 0.25) is 5.02 Å². The Morgan fingerprint density at radius 2 is 1.77 bits per heavy atom. The number of carbonyl (C=O) groups is 1. The highest BCUT2D eigenvalue weighted by Crippen LogP contribution is 2.32. The average Bonchev–Trinajstić information content (AvgIpc) is 3.34. The molecule has 0 atom stereocenters. The lowest BCUT2D eigenvalue weighted by Crippen LogP contribution is -2.13. The van der Waals surface area contributed by atoms with Gasteiger partial charge in [-0.15, -0.1) is 5.10 Å². The fourth-order valence-corrected chi connectivity index (χ4v) is 3.05. The zero-order chi connectivity index (χ0) is 22.2. The number of rotatable bonds is 4. The normalized spacial score (nSPS) is 11.5. The monoisotopic (exact) mass is 448 g/mol. The molecule has 158 valence electrons. The van der Waals surface area contributed by atoms with Gasteiger partial charge in [-0.2, -0.15) is 13.2 Å². The molecule has 1 N–H and O–H groups in total. The van der Waals surface area contributed by atoms with Gasteiger partial charge in [-0.25, -0.2) is 0 Å². The minimum atomic E-state index is -4.46. The fourth-order valence-electron chi connectivity index (χ4n) is 2.83. The first-order chi connectivity index (χ1) is 14.7. The third kappa shape index (κ3) is 4.15. The second-order valence-corrected chi connectivity index (χ2v) is 6.79. The molecule has 0 unspecified atom stereocenters. The van der Waals surface area contributed by atoms with Crippen molar-refractivity contribution in [2.45, 2.75) is 13.1 Å². The largest absolute Gasteiger partial charge is 0.416 e. The van der Waals surface area contributed by atoms with Crippen LogP contribution in [0, 0.1) is 6.92 Å². The summed E-state index contributed by atoms with van der Waals surface area (Å²) in [4.78, 5) is 12.8. The van der Waals surface area contributed by atoms with Crippen LogP contribution in [0.15, 0.2) is 57.5 Å². The second-order valence-electron chi connectivity index (χ2n) is 6.38. The number of halogens is 4. The van der Waals surface area contributed by atoms with Crippen molar-refractivity contribution in [3.8, 4) is 22.7 Å². The van der Waals surface area contributed by atoms with Gasteiger partial charge in [0, 0.05) is 11.1 Å². The molecule has 2 aromatic heterocycles. The fraction of sp³-hybridized carbons (Fsp3) is 0.100. The first-order valence-electron chi connectivity index (χ1n) is 8.77. The first-order valence-corrected chi connectivity index (χ1v) is 9.15. The van der Waals surface area contributed by atoms with Gasteiger partial charge in [0.15, 0.2) is 0 Å². The minimum Gasteiger partial charge on any atom is -0.403 e. The topological polar surface area (TPSA) is 94.1 Å². The predicted molar refractivity (Wildman–Crippen MR) is 104 cm³/mol. The van der Waals surface area contributed by atoms with Gasteiger partial charge in [-0.1, -0.05) is 40.1 Å². The summed E-state index contributed by atoms with van der Waals surface area (Å²) in [6.45, 7) is 1.56. The third-order valence-corrected chi connectivity index (χ3v) is 4.65. The van der Waals surface area contributed by atoms with E-state index in [4.69, 9.17) is 20.5 Å². The Labute approximate surface area is 177 Å². The van der Waals surface area contributed by atoms with E-state index in [0.717, 1.165) is 12.1 Å². The van der Waals surface area contributed by atoms with Gasteiger partial charge in [0.2, 0.25) is 5.89 Å². The van der Waals surface area contributed by atoms with E-state index in [1.54, 1.807) is 31.2 Å². The molecule has 7 nitrogen and oxygen atoms in total. The van der Waals surface area contributed by atoms with Crippen molar-refractivity contribution in [1.29, 1.82) is 0 Å². The van der Waals surface area contributed by atoms with Gasteiger partial charge < -0.3 is 8.94 Å². The van der Waals surface area contributed by atoms with E-state index in [0.29, 0.717) is 10.6 Å². The molecular formula is C20H12ClF3N4O3. The summed E-state index contributed by atoms with van der Waals surface area (Å²) in [6.07, 6.45) is -4.46. The van der Waals surface area contributed by atoms with Crippen LogP contribution in [-0.2, 0) is 6.18 Å². The molecule has 0 radical (unpaired) electrons. The van der Waals surface area contributed by atoms with E-state index in [-0.39, 0.29) is 34.5 Å². The first kappa shape index (κ1) is 20.6. The van der Waals surface area contributed by atoms with Crippen molar-refractivity contribution < 1.29 is 26.9 Å². The summed E-state index contributed by atoms with van der Waals surface area (Å²) < 4.78 is 48.6. The highest BCUT2D eigenvalue weighted by atomic mass is 35.5. The lowest BCUT2D eigenvalue weighted by molar-refractivity contribution is -0.137. The Hall–Kier alpha value is -3.66. The molecule has 0 aliphatic heterocycles. The second kappa shape index (κ2) is 7.88. The van der Waals surface area contributed by atoms with Crippen molar-refractivity contribution in [2.24, 2.45) is 0 Å². The maximum absolute atomic E-state index is 12.8. The van der Waals surface area contributed by atoms with E-state index >= 15 is 0 Å². The Balaban J connectivity index is 1.57. The lowest BCUT2D eigenvalue weighted by atomic mass is 10.1. The van der Waals surface area contributed by atoms with Gasteiger partial charge in [-0.3, -0.25) is 10.1 Å². The van der Waals surface area contributed by atoms with Crippen molar-refractivity contribution in [3.63, 3.8) is 0 Å². The number of aromatic nitrogens is 3. The van der Waals surface area contributed by atoms with E-state index < -0.39 is 17.6 Å². The third-order valence-electron chi connectivity index (χ3n) is 4.32. The summed E-state index contributed by atoms with van der Waals surface area (Å²) in [6, 6.07) is 10.8. The van der Waals surface area contributed by atoms with Crippen LogP contribution in [0.1, 0.15) is 21.7 Å². The number of anilines is 1. The number of hydrogen-bond donors (Lipinski definition) is 1. The van der Waals surface area contributed by atoms with Crippen molar-refractivity contribution in [3.05, 3.63) is 70.4 Å². The van der Waals surface area contributed by atoms with Crippen LogP contribution in [0.5, 0.6) is 0 Å². The van der Waals surface area contributed by atoms with Gasteiger partial charge in [-0.05, 0) is 37.3 Å². The number of hydrogen-bond acceptors (Lipinski definition) is 6. The minimum absolute atomic E-state index is 0.0580. The molecule has 11 heteroatoms. The Kier molecular flexibility index (Phi) is 5.24. The Morgan fingerprint density at radius 1 is 1.06 bits per heavy atom. The highest BCUT2D eigenvalue weighted by Gasteiger charge is 2.30. The Morgan fingerprint density at radius 3 is 2.45 bits per heavy atom. The molecule has 2 aromatic carbocycles. The zero-order valence-electron chi connectivity index (χ0n) is 15.7. The van der Waals surface area contributed by atoms with E-state index in [2.05, 4.69) is 20.7 Å². The lowest BCUT2D eigenvalue weighted by Gasteiger charge is -2.06. The standard InChI is InChI=1S/C20H12ClF3N4O3/c1-10-15(16(28-31-10)13-4-2-3-5-14(13)21)17(29)25-19-27-26-18(30-19)11-6-8-12(9-7-11)20(22,23)24/h2-9H,1H3,(H,25,27,29). The summed E-state index contributed by atoms with van der Waals surface area (Å²) in [5.74, 6) is -0.441. The summed E-state index contributed by atoms with van der Waals surface area (Å²) in [7, 11) is 0. The Bertz CT molecular complexity index is 1250. The zero-order valence-corrected chi connectivity index (χ0v) is 16.5. The van der Waals surface area contributed by atoms with Gasteiger partial charge in [0.05, 0.1) is 10.6 Å². The molecule has 1 amide bonds. The van der Waals surface area contributed by atoms with Crippen LogP contribution in [0.25, 0.3) is 22.7 Å². The average molecular weight is 449 g/mol. The van der Waals surface area contributed by atoms with E-state index in [1.165, 1.54) is 12.1 Å². The van der Waals surface area contributed by atoms with E-state index in [1.807, 2.05) is 0 Å². The van der Waals surface area contributed by atoms with Crippen molar-refractivity contribution in [2.75, 3.05) is 5.32 Å². The molecule has 4 rings (SSSR count). The highest BCUT2D eigenvalue weighted by molar-refractivity contribution is 6.33. The molecular weight excluding hydrogens is 437 g/mol. The summed E-state index contributed by atoms with van der Waals surface area (Å²) in [5, 5.41) is 14.2. The smallest absolute Gasteiger partial charge is 0.403 e. The predicted octanol–water partition coefficient (Wildman–Crippen LogP) is 5.62. The molecule has 4 aromatic rings. The number of aryl methyl sites for hydroxylation is 1. The van der Waals surface area contributed by atoms with Gasteiger partial charge in [0.25, 0.3) is 5.91 Å². The van der Waals surface area contributed by atoms with Gasteiger partial charge in [0.1, 0.15) is 17.0 Å². The number of alkyl halides is 3. The molecule has 31 heavy (non-hydrogen) atoms. The van der Waals surface area contributed by atoms with Crippen LogP contribution < -0.4 is 5.32 Å². The van der Waals surface area contributed by atoms with E-state index in [9.17, 15) is 18.0 Å². The van der Waals surface area contributed by atoms with Crippen LogP contribution >= 0.6 is 11.6 Å². The number of amides is 1. The van der Waals surface area contributed by atoms with Gasteiger partial charge >= 0.3 is 12.2 Å². The molecule has 0 spiro atoms.